The first kappa shape index (κ1) is 42.6. The van der Waals surface area contributed by atoms with Crippen molar-refractivity contribution in [3.63, 3.8) is 0 Å². The summed E-state index contributed by atoms with van der Waals surface area (Å²) in [5.74, 6) is 6.21. The molecule has 0 aliphatic heterocycles. The Kier molecular flexibility index (Phi) is 11.9. The highest BCUT2D eigenvalue weighted by molar-refractivity contribution is 5.85. The van der Waals surface area contributed by atoms with E-state index in [0.717, 1.165) is 105 Å². The van der Waals surface area contributed by atoms with Gasteiger partial charge in [0.15, 0.2) is 34.5 Å². The number of nitrogens with one attached hydrogen (secondary N) is 2. The lowest BCUT2D eigenvalue weighted by molar-refractivity contribution is 0.355. The van der Waals surface area contributed by atoms with Crippen LogP contribution in [-0.4, -0.2) is 69.7 Å². The van der Waals surface area contributed by atoms with E-state index in [4.69, 9.17) is 43.1 Å². The van der Waals surface area contributed by atoms with E-state index in [1.54, 1.807) is 49.8 Å². The Morgan fingerprint density at radius 2 is 0.738 bits per heavy atom. The average Bonchev–Trinajstić information content (AvgIpc) is 4.00. The second-order valence-corrected chi connectivity index (χ2v) is 16.0. The second kappa shape index (κ2) is 18.2. The molecule has 330 valence electrons. The average molecular weight is 869 g/mol. The highest BCUT2D eigenvalue weighted by atomic mass is 16.5. The zero-order valence-electron chi connectivity index (χ0n) is 38.0. The molecule has 2 heterocycles. The molecule has 6 aromatic carbocycles. The summed E-state index contributed by atoms with van der Waals surface area (Å²) in [7, 11) is 11.5. The maximum atomic E-state index is 5.74. The van der Waals surface area contributed by atoms with Crippen LogP contribution in [0.15, 0.2) is 109 Å². The van der Waals surface area contributed by atoms with Crippen LogP contribution in [0.4, 0.5) is 0 Å². The predicted octanol–water partition coefficient (Wildman–Crippen LogP) is 11.4. The molecule has 8 aromatic rings. The highest BCUT2D eigenvalue weighted by Gasteiger charge is 2.23. The Morgan fingerprint density at radius 3 is 1.14 bits per heavy atom. The van der Waals surface area contributed by atoms with Gasteiger partial charge in [-0.05, 0) is 145 Å². The fraction of sp³-hybridized carbons (Fsp3) is 0.222. The van der Waals surface area contributed by atoms with Crippen molar-refractivity contribution in [1.29, 1.82) is 0 Å². The summed E-state index contributed by atoms with van der Waals surface area (Å²) in [5, 5.41) is 0. The first-order valence-corrected chi connectivity index (χ1v) is 21.5. The minimum atomic E-state index is 0.616. The Bertz CT molecular complexity index is 2970. The van der Waals surface area contributed by atoms with Gasteiger partial charge in [-0.25, -0.2) is 9.97 Å². The van der Waals surface area contributed by atoms with Crippen molar-refractivity contribution < 1.29 is 33.2 Å². The van der Waals surface area contributed by atoms with Gasteiger partial charge in [0.05, 0.1) is 72.5 Å². The van der Waals surface area contributed by atoms with Gasteiger partial charge in [0, 0.05) is 33.4 Å². The van der Waals surface area contributed by atoms with Crippen molar-refractivity contribution in [1.82, 2.24) is 19.9 Å². The van der Waals surface area contributed by atoms with E-state index in [2.05, 4.69) is 65.4 Å². The first-order valence-electron chi connectivity index (χ1n) is 21.5. The smallest absolute Gasteiger partial charge is 0.161 e. The molecule has 65 heavy (non-hydrogen) atoms. The molecule has 4 bridgehead atoms. The molecule has 2 aromatic heterocycles. The zero-order chi connectivity index (χ0) is 45.2. The van der Waals surface area contributed by atoms with E-state index in [9.17, 15) is 0 Å². The summed E-state index contributed by atoms with van der Waals surface area (Å²) in [6, 6.07) is 37.6. The summed E-state index contributed by atoms with van der Waals surface area (Å²) < 4.78 is 39.6. The minimum Gasteiger partial charge on any atom is -0.496 e. The van der Waals surface area contributed by atoms with Crippen LogP contribution in [0.25, 0.3) is 67.8 Å². The number of imidazole rings is 2. The molecule has 0 unspecified atom stereocenters. The van der Waals surface area contributed by atoms with Gasteiger partial charge < -0.3 is 43.1 Å². The fourth-order valence-electron chi connectivity index (χ4n) is 8.82. The summed E-state index contributed by atoms with van der Waals surface area (Å²) in [6.07, 6.45) is 3.19. The molecule has 0 amide bonds. The lowest BCUT2D eigenvalue weighted by atomic mass is 9.90. The molecule has 0 fully saturated rings. The maximum absolute atomic E-state index is 5.74. The summed E-state index contributed by atoms with van der Waals surface area (Å²) >= 11 is 0. The van der Waals surface area contributed by atoms with Gasteiger partial charge in [-0.15, -0.1) is 0 Å². The molecule has 2 N–H and O–H groups in total. The third-order valence-corrected chi connectivity index (χ3v) is 12.3. The Balaban J connectivity index is 1.14. The third kappa shape index (κ3) is 8.21. The van der Waals surface area contributed by atoms with Gasteiger partial charge in [0.25, 0.3) is 0 Å². The van der Waals surface area contributed by atoms with Crippen molar-refractivity contribution in [2.24, 2.45) is 0 Å². The zero-order valence-corrected chi connectivity index (χ0v) is 38.0. The molecule has 0 atom stereocenters. The molecule has 0 radical (unpaired) electrons. The summed E-state index contributed by atoms with van der Waals surface area (Å²) in [6.45, 7) is 2.05. The predicted molar refractivity (Wildman–Crippen MR) is 255 cm³/mol. The standard InChI is InChI=1S/C54H52N4O7/c1-31-25-36(17-21-42(31)59-2)49-50(37-18-22-43(60-3)46(28-37)63-6)56-53(55-49)40-26-32-9-10-33-12-14-35(16-15-34(40)13-11-32)41(27-33)54-57-51(38-19-23-44(61-4)47(29-38)64-7)52(58-54)39-20-24-45(62-5)48(30-39)65-8/h11-14,17-30H,9-10,15-16H2,1-8H3,(H,55,56)(H,57,58). The molecule has 11 nitrogen and oxygen atoms in total. The largest absolute Gasteiger partial charge is 0.496 e. The third-order valence-electron chi connectivity index (χ3n) is 12.3. The Morgan fingerprint density at radius 1 is 0.369 bits per heavy atom. The highest BCUT2D eigenvalue weighted by Crippen LogP contribution is 2.43. The molecule has 4 aliphatic carbocycles. The van der Waals surface area contributed by atoms with Crippen molar-refractivity contribution >= 4 is 0 Å². The van der Waals surface area contributed by atoms with E-state index < -0.39 is 0 Å². The van der Waals surface area contributed by atoms with E-state index in [-0.39, 0.29) is 0 Å². The number of aromatic nitrogens is 4. The fourth-order valence-corrected chi connectivity index (χ4v) is 8.82. The number of hydrogen-bond acceptors (Lipinski definition) is 9. The van der Waals surface area contributed by atoms with Gasteiger partial charge in [0.2, 0.25) is 0 Å². The number of methoxy groups -OCH3 is 7. The van der Waals surface area contributed by atoms with Crippen LogP contribution in [-0.2, 0) is 25.7 Å². The normalized spacial score (nSPS) is 12.1. The van der Waals surface area contributed by atoms with Crippen LogP contribution in [0.2, 0.25) is 0 Å². The first-order chi connectivity index (χ1) is 31.7. The van der Waals surface area contributed by atoms with Gasteiger partial charge in [-0.3, -0.25) is 0 Å². The van der Waals surface area contributed by atoms with Crippen LogP contribution in [0.3, 0.4) is 0 Å². The lowest BCUT2D eigenvalue weighted by Gasteiger charge is -2.16. The van der Waals surface area contributed by atoms with Gasteiger partial charge in [-0.2, -0.15) is 0 Å². The molecular weight excluding hydrogens is 817 g/mol. The number of aromatic amines is 2. The number of hydrogen-bond donors (Lipinski definition) is 2. The van der Waals surface area contributed by atoms with E-state index in [1.807, 2.05) is 60.7 Å². The second-order valence-electron chi connectivity index (χ2n) is 16.0. The van der Waals surface area contributed by atoms with E-state index >= 15 is 0 Å². The van der Waals surface area contributed by atoms with Gasteiger partial charge in [0.1, 0.15) is 17.4 Å². The quantitative estimate of drug-likeness (QED) is 0.117. The molecule has 0 saturated carbocycles. The van der Waals surface area contributed by atoms with Gasteiger partial charge >= 0.3 is 0 Å². The van der Waals surface area contributed by atoms with E-state index in [0.29, 0.717) is 34.5 Å². The Hall–Kier alpha value is -7.66. The van der Waals surface area contributed by atoms with Crippen molar-refractivity contribution in [2.75, 3.05) is 49.8 Å². The van der Waals surface area contributed by atoms with Crippen LogP contribution in [0, 0.1) is 6.92 Å². The number of rotatable bonds is 13. The van der Waals surface area contributed by atoms with Gasteiger partial charge in [-0.1, -0.05) is 24.3 Å². The topological polar surface area (TPSA) is 122 Å². The van der Waals surface area contributed by atoms with Crippen LogP contribution < -0.4 is 33.2 Å². The summed E-state index contributed by atoms with van der Waals surface area (Å²) in [4.78, 5) is 18.3. The molecule has 11 heteroatoms. The number of aryl methyl sites for hydroxylation is 5. The number of benzene rings is 6. The Labute approximate surface area is 379 Å². The number of ether oxygens (including phenoxy) is 7. The molecule has 12 rings (SSSR count). The maximum Gasteiger partial charge on any atom is 0.161 e. The number of nitrogens with zero attached hydrogens (tertiary/aromatic N) is 2. The van der Waals surface area contributed by atoms with Crippen LogP contribution in [0.5, 0.6) is 40.2 Å². The number of H-pyrrole nitrogens is 2. The lowest BCUT2D eigenvalue weighted by Crippen LogP contribution is -2.03. The van der Waals surface area contributed by atoms with Crippen molar-refractivity contribution in [2.45, 2.75) is 32.6 Å². The minimum absolute atomic E-state index is 0.616. The molecule has 0 saturated heterocycles. The van der Waals surface area contributed by atoms with Crippen LogP contribution >= 0.6 is 0 Å². The molecular formula is C54H52N4O7. The summed E-state index contributed by atoms with van der Waals surface area (Å²) in [5.41, 5.74) is 15.0. The van der Waals surface area contributed by atoms with Crippen molar-refractivity contribution in [3.8, 4) is 108 Å². The van der Waals surface area contributed by atoms with Crippen molar-refractivity contribution in [3.05, 3.63) is 137 Å². The van der Waals surface area contributed by atoms with E-state index in [1.165, 1.54) is 22.3 Å². The monoisotopic (exact) mass is 868 g/mol. The molecule has 4 aliphatic rings. The molecule has 0 spiro atoms. The SMILES string of the molecule is COc1ccc(-c2nc(-c3cc4ccc3CCc3ccc(cc3-c3nc(-c5ccc(OC)c(OC)c5)c(-c5ccc(OC)c(OC)c5)[nH]3)CC4)[nH]c2-c2ccc(OC)c(OC)c2)cc1C. The van der Waals surface area contributed by atoms with Crippen LogP contribution in [0.1, 0.15) is 27.8 Å².